The number of hydrogen-bond acceptors (Lipinski definition) is 4. The Balaban J connectivity index is 2.03. The third-order valence-electron chi connectivity index (χ3n) is 2.71. The number of nitrogens with zero attached hydrogens (tertiary/aromatic N) is 2. The smallest absolute Gasteiger partial charge is 0.251 e. The molecule has 0 bridgehead atoms. The number of benzene rings is 1. The molecule has 19 heavy (non-hydrogen) atoms. The normalized spacial score (nSPS) is 10.2. The van der Waals surface area contributed by atoms with Gasteiger partial charge in [-0.1, -0.05) is 0 Å². The minimum Gasteiger partial charge on any atom is -0.495 e. The first kappa shape index (κ1) is 12.9. The fraction of sp³-hybridized carbons (Fsp3) is 0.231. The van der Waals surface area contributed by atoms with Crippen LogP contribution in [0.4, 0.5) is 5.69 Å². The molecule has 0 saturated carbocycles. The molecule has 1 aromatic carbocycles. The zero-order valence-electron chi connectivity index (χ0n) is 10.9. The van der Waals surface area contributed by atoms with Gasteiger partial charge in [0.05, 0.1) is 19.0 Å². The summed E-state index contributed by atoms with van der Waals surface area (Å²) in [7, 11) is 3.35. The van der Waals surface area contributed by atoms with Gasteiger partial charge in [0.15, 0.2) is 0 Å². The van der Waals surface area contributed by atoms with Crippen LogP contribution in [0.5, 0.6) is 5.75 Å². The molecule has 0 saturated heterocycles. The molecule has 100 valence electrons. The third kappa shape index (κ3) is 3.04. The lowest BCUT2D eigenvalue weighted by Gasteiger charge is -2.07. The van der Waals surface area contributed by atoms with Crippen molar-refractivity contribution in [3.8, 4) is 5.75 Å². The lowest BCUT2D eigenvalue weighted by Crippen LogP contribution is -2.22. The van der Waals surface area contributed by atoms with Crippen molar-refractivity contribution >= 4 is 11.6 Å². The Morgan fingerprint density at radius 3 is 2.95 bits per heavy atom. The summed E-state index contributed by atoms with van der Waals surface area (Å²) in [6, 6.07) is 4.93. The number of anilines is 1. The van der Waals surface area contributed by atoms with E-state index in [1.54, 1.807) is 29.1 Å². The molecule has 0 aliphatic heterocycles. The predicted octanol–water partition coefficient (Wildman–Crippen LogP) is 0.941. The highest BCUT2D eigenvalue weighted by Crippen LogP contribution is 2.22. The van der Waals surface area contributed by atoms with E-state index >= 15 is 0 Å². The van der Waals surface area contributed by atoms with Gasteiger partial charge in [-0.2, -0.15) is 5.10 Å². The summed E-state index contributed by atoms with van der Waals surface area (Å²) in [6.07, 6.45) is 3.56. The van der Waals surface area contributed by atoms with E-state index in [-0.39, 0.29) is 5.91 Å². The second-order valence-electron chi connectivity index (χ2n) is 4.16. The van der Waals surface area contributed by atoms with Crippen LogP contribution >= 0.6 is 0 Å². The highest BCUT2D eigenvalue weighted by molar-refractivity contribution is 5.95. The maximum Gasteiger partial charge on any atom is 0.251 e. The van der Waals surface area contributed by atoms with Gasteiger partial charge >= 0.3 is 0 Å². The monoisotopic (exact) mass is 260 g/mol. The van der Waals surface area contributed by atoms with Gasteiger partial charge in [0.2, 0.25) is 0 Å². The topological polar surface area (TPSA) is 82.2 Å². The minimum absolute atomic E-state index is 0.179. The molecule has 0 aliphatic rings. The number of nitrogen functional groups attached to an aromatic ring is 1. The van der Waals surface area contributed by atoms with E-state index < -0.39 is 0 Å². The fourth-order valence-electron chi connectivity index (χ4n) is 1.70. The van der Waals surface area contributed by atoms with Gasteiger partial charge in [0, 0.05) is 30.9 Å². The molecule has 0 atom stereocenters. The third-order valence-corrected chi connectivity index (χ3v) is 2.71. The van der Waals surface area contributed by atoms with Crippen molar-refractivity contribution in [2.75, 3.05) is 12.8 Å². The van der Waals surface area contributed by atoms with Gasteiger partial charge in [-0.3, -0.25) is 9.48 Å². The quantitative estimate of drug-likeness (QED) is 0.801. The van der Waals surface area contributed by atoms with Crippen molar-refractivity contribution in [1.82, 2.24) is 15.1 Å². The van der Waals surface area contributed by atoms with Crippen LogP contribution in [0.3, 0.4) is 0 Å². The van der Waals surface area contributed by atoms with Gasteiger partial charge in [-0.25, -0.2) is 0 Å². The van der Waals surface area contributed by atoms with Crippen LogP contribution in [0.1, 0.15) is 15.9 Å². The average Bonchev–Trinajstić information content (AvgIpc) is 2.82. The molecule has 2 rings (SSSR count). The Bertz CT molecular complexity index is 592. The summed E-state index contributed by atoms with van der Waals surface area (Å²) in [5.41, 5.74) is 7.66. The highest BCUT2D eigenvalue weighted by atomic mass is 16.5. The molecule has 0 spiro atoms. The zero-order valence-corrected chi connectivity index (χ0v) is 10.9. The molecular formula is C13H16N4O2. The summed E-state index contributed by atoms with van der Waals surface area (Å²) in [6.45, 7) is 0.430. The molecular weight excluding hydrogens is 244 g/mol. The van der Waals surface area contributed by atoms with Crippen LogP contribution in [-0.2, 0) is 13.6 Å². The average molecular weight is 260 g/mol. The number of rotatable bonds is 4. The molecule has 0 aliphatic carbocycles. The van der Waals surface area contributed by atoms with Crippen molar-refractivity contribution in [2.24, 2.45) is 7.05 Å². The SMILES string of the molecule is COc1cc(C(=O)NCc2cnn(C)c2)ccc1N. The number of ether oxygens (including phenoxy) is 1. The fourth-order valence-corrected chi connectivity index (χ4v) is 1.70. The van der Waals surface area contributed by atoms with E-state index in [0.717, 1.165) is 5.56 Å². The molecule has 6 nitrogen and oxygen atoms in total. The summed E-state index contributed by atoms with van der Waals surface area (Å²) >= 11 is 0. The maximum absolute atomic E-state index is 12.0. The molecule has 0 radical (unpaired) electrons. The lowest BCUT2D eigenvalue weighted by atomic mass is 10.1. The van der Waals surface area contributed by atoms with E-state index in [1.165, 1.54) is 7.11 Å². The first-order valence-electron chi connectivity index (χ1n) is 5.79. The first-order chi connectivity index (χ1) is 9.10. The van der Waals surface area contributed by atoms with Crippen LogP contribution in [0.15, 0.2) is 30.6 Å². The van der Waals surface area contributed by atoms with Crippen molar-refractivity contribution in [3.63, 3.8) is 0 Å². The summed E-state index contributed by atoms with van der Waals surface area (Å²) in [5.74, 6) is 0.316. The number of methoxy groups -OCH3 is 1. The van der Waals surface area contributed by atoms with E-state index in [4.69, 9.17) is 10.5 Å². The summed E-state index contributed by atoms with van der Waals surface area (Å²) in [4.78, 5) is 12.0. The molecule has 1 aromatic heterocycles. The largest absolute Gasteiger partial charge is 0.495 e. The molecule has 1 amide bonds. The molecule has 2 aromatic rings. The van der Waals surface area contributed by atoms with Crippen molar-refractivity contribution in [3.05, 3.63) is 41.7 Å². The zero-order chi connectivity index (χ0) is 13.8. The van der Waals surface area contributed by atoms with Crippen LogP contribution < -0.4 is 15.8 Å². The Morgan fingerprint density at radius 2 is 2.32 bits per heavy atom. The molecule has 0 fully saturated rings. The molecule has 0 unspecified atom stereocenters. The highest BCUT2D eigenvalue weighted by Gasteiger charge is 2.09. The maximum atomic E-state index is 12.0. The number of aryl methyl sites for hydroxylation is 1. The summed E-state index contributed by atoms with van der Waals surface area (Å²) < 4.78 is 6.77. The van der Waals surface area contributed by atoms with Crippen molar-refractivity contribution < 1.29 is 9.53 Å². The van der Waals surface area contributed by atoms with Gasteiger partial charge in [0.25, 0.3) is 5.91 Å². The van der Waals surface area contributed by atoms with Crippen LogP contribution in [0.25, 0.3) is 0 Å². The van der Waals surface area contributed by atoms with E-state index in [9.17, 15) is 4.79 Å². The van der Waals surface area contributed by atoms with Gasteiger partial charge in [-0.15, -0.1) is 0 Å². The van der Waals surface area contributed by atoms with E-state index in [1.807, 2.05) is 13.2 Å². The molecule has 6 heteroatoms. The Kier molecular flexibility index (Phi) is 3.70. The van der Waals surface area contributed by atoms with Crippen LogP contribution in [-0.4, -0.2) is 22.8 Å². The lowest BCUT2D eigenvalue weighted by molar-refractivity contribution is 0.0950. The Morgan fingerprint density at radius 1 is 1.53 bits per heavy atom. The molecule has 3 N–H and O–H groups in total. The second-order valence-corrected chi connectivity index (χ2v) is 4.16. The number of hydrogen-bond donors (Lipinski definition) is 2. The molecule has 1 heterocycles. The van der Waals surface area contributed by atoms with Crippen molar-refractivity contribution in [1.29, 1.82) is 0 Å². The standard InChI is InChI=1S/C13H16N4O2/c1-17-8-9(7-16-17)6-15-13(18)10-3-4-11(14)12(5-10)19-2/h3-5,7-8H,6,14H2,1-2H3,(H,15,18). The van der Waals surface area contributed by atoms with Gasteiger partial charge in [0.1, 0.15) is 5.75 Å². The van der Waals surface area contributed by atoms with Gasteiger partial charge in [-0.05, 0) is 18.2 Å². The number of nitrogens with two attached hydrogens (primary N) is 1. The number of carbonyl (C=O) groups excluding carboxylic acids is 1. The van der Waals surface area contributed by atoms with E-state index in [0.29, 0.717) is 23.5 Å². The summed E-state index contributed by atoms with van der Waals surface area (Å²) in [5, 5.41) is 6.85. The first-order valence-corrected chi connectivity index (χ1v) is 5.79. The number of amides is 1. The van der Waals surface area contributed by atoms with Crippen LogP contribution in [0.2, 0.25) is 0 Å². The van der Waals surface area contributed by atoms with Crippen molar-refractivity contribution in [2.45, 2.75) is 6.54 Å². The second kappa shape index (κ2) is 5.43. The Hall–Kier alpha value is -2.50. The van der Waals surface area contributed by atoms with Crippen LogP contribution in [0, 0.1) is 0 Å². The number of nitrogens with one attached hydrogen (secondary N) is 1. The Labute approximate surface area is 111 Å². The van der Waals surface area contributed by atoms with E-state index in [2.05, 4.69) is 10.4 Å². The minimum atomic E-state index is -0.179. The predicted molar refractivity (Wildman–Crippen MR) is 71.8 cm³/mol. The number of aromatic nitrogens is 2. The number of carbonyl (C=O) groups is 1. The van der Waals surface area contributed by atoms with Gasteiger partial charge < -0.3 is 15.8 Å².